The quantitative estimate of drug-likeness (QED) is 0.757. The summed E-state index contributed by atoms with van der Waals surface area (Å²) in [5.74, 6) is -1.35. The number of aromatic carboxylic acids is 1. The van der Waals surface area contributed by atoms with Crippen LogP contribution in [0.2, 0.25) is 0 Å². The number of carboxylic acid groups (broad SMARTS) is 1. The standard InChI is InChI=1S/C16H11FO3/c1-9-2-5-14-10(6-9)7-15(20-14)12-4-3-11(17)8-13(12)16(18)19/h2-8H,1H3,(H,18,19). The van der Waals surface area contributed by atoms with E-state index in [0.29, 0.717) is 16.9 Å². The fourth-order valence-corrected chi connectivity index (χ4v) is 2.20. The van der Waals surface area contributed by atoms with Gasteiger partial charge < -0.3 is 9.52 Å². The first-order chi connectivity index (χ1) is 9.54. The predicted molar refractivity (Wildman–Crippen MR) is 73.3 cm³/mol. The summed E-state index contributed by atoms with van der Waals surface area (Å²) in [7, 11) is 0. The lowest BCUT2D eigenvalue weighted by molar-refractivity contribution is 0.0697. The number of carboxylic acids is 1. The smallest absolute Gasteiger partial charge is 0.336 e. The van der Waals surface area contributed by atoms with Gasteiger partial charge in [0.15, 0.2) is 0 Å². The highest BCUT2D eigenvalue weighted by Crippen LogP contribution is 2.31. The Bertz CT molecular complexity index is 818. The number of fused-ring (bicyclic) bond motifs is 1. The maximum Gasteiger partial charge on any atom is 0.336 e. The highest BCUT2D eigenvalue weighted by atomic mass is 19.1. The van der Waals surface area contributed by atoms with Crippen LogP contribution in [0.5, 0.6) is 0 Å². The van der Waals surface area contributed by atoms with E-state index in [1.807, 2.05) is 25.1 Å². The minimum atomic E-state index is -1.18. The molecule has 0 spiro atoms. The summed E-state index contributed by atoms with van der Waals surface area (Å²) in [4.78, 5) is 11.2. The Hall–Kier alpha value is -2.62. The molecule has 1 N–H and O–H groups in total. The normalized spacial score (nSPS) is 10.9. The van der Waals surface area contributed by atoms with E-state index in [2.05, 4.69) is 0 Å². The first-order valence-electron chi connectivity index (χ1n) is 6.08. The zero-order valence-corrected chi connectivity index (χ0v) is 10.7. The molecule has 2 aromatic carbocycles. The van der Waals surface area contributed by atoms with Crippen LogP contribution in [0, 0.1) is 12.7 Å². The lowest BCUT2D eigenvalue weighted by atomic mass is 10.0. The summed E-state index contributed by atoms with van der Waals surface area (Å²) in [5, 5.41) is 10.1. The SMILES string of the molecule is Cc1ccc2oc(-c3ccc(F)cc3C(=O)O)cc2c1. The zero-order chi connectivity index (χ0) is 14.3. The van der Waals surface area contributed by atoms with Crippen molar-refractivity contribution in [2.75, 3.05) is 0 Å². The summed E-state index contributed by atoms with van der Waals surface area (Å²) in [5.41, 5.74) is 2.02. The Morgan fingerprint density at radius 3 is 2.70 bits per heavy atom. The van der Waals surface area contributed by atoms with Crippen LogP contribution in [0.4, 0.5) is 4.39 Å². The monoisotopic (exact) mass is 270 g/mol. The van der Waals surface area contributed by atoms with Crippen LogP contribution in [-0.4, -0.2) is 11.1 Å². The van der Waals surface area contributed by atoms with Crippen molar-refractivity contribution in [1.82, 2.24) is 0 Å². The Morgan fingerprint density at radius 1 is 1.15 bits per heavy atom. The largest absolute Gasteiger partial charge is 0.478 e. The van der Waals surface area contributed by atoms with E-state index in [1.54, 1.807) is 6.07 Å². The molecule has 0 aliphatic rings. The summed E-state index contributed by atoms with van der Waals surface area (Å²) in [6.45, 7) is 1.96. The molecule has 0 bridgehead atoms. The maximum atomic E-state index is 13.2. The second-order valence-corrected chi connectivity index (χ2v) is 4.65. The predicted octanol–water partition coefficient (Wildman–Crippen LogP) is 4.25. The number of furan rings is 1. The van der Waals surface area contributed by atoms with Crippen LogP contribution >= 0.6 is 0 Å². The van der Waals surface area contributed by atoms with E-state index >= 15 is 0 Å². The van der Waals surface area contributed by atoms with Gasteiger partial charge in [0.1, 0.15) is 17.2 Å². The molecule has 3 aromatic rings. The third kappa shape index (κ3) is 2.05. The topological polar surface area (TPSA) is 50.4 Å². The molecule has 3 rings (SSSR count). The molecule has 1 aromatic heterocycles. The van der Waals surface area contributed by atoms with E-state index in [9.17, 15) is 9.18 Å². The van der Waals surface area contributed by atoms with E-state index in [0.717, 1.165) is 17.0 Å². The van der Waals surface area contributed by atoms with Crippen molar-refractivity contribution in [2.45, 2.75) is 6.92 Å². The number of hydrogen-bond acceptors (Lipinski definition) is 2. The Labute approximate surface area is 114 Å². The Kier molecular flexibility index (Phi) is 2.79. The number of benzene rings is 2. The number of hydrogen-bond donors (Lipinski definition) is 1. The lowest BCUT2D eigenvalue weighted by Crippen LogP contribution is -1.99. The van der Waals surface area contributed by atoms with Gasteiger partial charge in [-0.2, -0.15) is 0 Å². The summed E-state index contributed by atoms with van der Waals surface area (Å²) >= 11 is 0. The van der Waals surface area contributed by atoms with E-state index in [1.165, 1.54) is 12.1 Å². The lowest BCUT2D eigenvalue weighted by Gasteiger charge is -2.02. The van der Waals surface area contributed by atoms with Gasteiger partial charge in [-0.05, 0) is 43.3 Å². The zero-order valence-electron chi connectivity index (χ0n) is 10.7. The van der Waals surface area contributed by atoms with Crippen LogP contribution < -0.4 is 0 Å². The minimum absolute atomic E-state index is 0.110. The molecule has 0 unspecified atom stereocenters. The van der Waals surface area contributed by atoms with Gasteiger partial charge in [-0.15, -0.1) is 0 Å². The second kappa shape index (κ2) is 4.49. The Balaban J connectivity index is 2.22. The van der Waals surface area contributed by atoms with Crippen LogP contribution in [0.1, 0.15) is 15.9 Å². The highest BCUT2D eigenvalue weighted by molar-refractivity contribution is 5.96. The minimum Gasteiger partial charge on any atom is -0.478 e. The number of halogens is 1. The van der Waals surface area contributed by atoms with Crippen molar-refractivity contribution in [1.29, 1.82) is 0 Å². The molecule has 20 heavy (non-hydrogen) atoms. The Morgan fingerprint density at radius 2 is 1.95 bits per heavy atom. The van der Waals surface area contributed by atoms with Crippen LogP contribution in [0.3, 0.4) is 0 Å². The van der Waals surface area contributed by atoms with Gasteiger partial charge in [-0.3, -0.25) is 0 Å². The first-order valence-corrected chi connectivity index (χ1v) is 6.08. The number of aryl methyl sites for hydroxylation is 1. The second-order valence-electron chi connectivity index (χ2n) is 4.65. The molecule has 1 heterocycles. The molecule has 0 saturated carbocycles. The van der Waals surface area contributed by atoms with Crippen molar-refractivity contribution in [3.63, 3.8) is 0 Å². The van der Waals surface area contributed by atoms with Crippen molar-refractivity contribution in [3.8, 4) is 11.3 Å². The molecule has 3 nitrogen and oxygen atoms in total. The molecule has 0 amide bonds. The van der Waals surface area contributed by atoms with Crippen molar-refractivity contribution < 1.29 is 18.7 Å². The molecule has 0 radical (unpaired) electrons. The van der Waals surface area contributed by atoms with Gasteiger partial charge in [-0.25, -0.2) is 9.18 Å². The van der Waals surface area contributed by atoms with Gasteiger partial charge in [0.2, 0.25) is 0 Å². The highest BCUT2D eigenvalue weighted by Gasteiger charge is 2.16. The number of rotatable bonds is 2. The summed E-state index contributed by atoms with van der Waals surface area (Å²) in [6, 6.07) is 11.1. The van der Waals surface area contributed by atoms with Crippen molar-refractivity contribution >= 4 is 16.9 Å². The third-order valence-electron chi connectivity index (χ3n) is 3.15. The van der Waals surface area contributed by atoms with Crippen LogP contribution in [0.25, 0.3) is 22.3 Å². The molecule has 0 aliphatic carbocycles. The number of carbonyl (C=O) groups is 1. The maximum absolute atomic E-state index is 13.2. The van der Waals surface area contributed by atoms with E-state index in [-0.39, 0.29) is 5.56 Å². The average molecular weight is 270 g/mol. The molecule has 100 valence electrons. The van der Waals surface area contributed by atoms with Gasteiger partial charge in [0.25, 0.3) is 0 Å². The molecule has 0 saturated heterocycles. The van der Waals surface area contributed by atoms with E-state index < -0.39 is 11.8 Å². The van der Waals surface area contributed by atoms with Gasteiger partial charge in [-0.1, -0.05) is 11.6 Å². The third-order valence-corrected chi connectivity index (χ3v) is 3.15. The molecular formula is C16H11FO3. The molecule has 0 atom stereocenters. The summed E-state index contributed by atoms with van der Waals surface area (Å²) in [6.07, 6.45) is 0. The van der Waals surface area contributed by atoms with Crippen molar-refractivity contribution in [3.05, 3.63) is 59.4 Å². The van der Waals surface area contributed by atoms with E-state index in [4.69, 9.17) is 9.52 Å². The average Bonchev–Trinajstić information content (AvgIpc) is 2.81. The molecule has 0 fully saturated rings. The fraction of sp³-hybridized carbons (Fsp3) is 0.0625. The molecule has 4 heteroatoms. The van der Waals surface area contributed by atoms with Gasteiger partial charge in [0.05, 0.1) is 5.56 Å². The molecule has 0 aliphatic heterocycles. The van der Waals surface area contributed by atoms with Crippen molar-refractivity contribution in [2.24, 2.45) is 0 Å². The van der Waals surface area contributed by atoms with Crippen LogP contribution in [0.15, 0.2) is 46.9 Å². The summed E-state index contributed by atoms with van der Waals surface area (Å²) < 4.78 is 18.8. The van der Waals surface area contributed by atoms with Gasteiger partial charge in [0, 0.05) is 10.9 Å². The first kappa shape index (κ1) is 12.4. The molecular weight excluding hydrogens is 259 g/mol. The van der Waals surface area contributed by atoms with Gasteiger partial charge >= 0.3 is 5.97 Å². The fourth-order valence-electron chi connectivity index (χ4n) is 2.20. The van der Waals surface area contributed by atoms with Crippen LogP contribution in [-0.2, 0) is 0 Å².